The van der Waals surface area contributed by atoms with E-state index in [1.807, 2.05) is 0 Å². The van der Waals surface area contributed by atoms with Gasteiger partial charge in [0.25, 0.3) is 0 Å². The Balaban J connectivity index is 1.53. The Labute approximate surface area is 258 Å². The molecule has 1 aromatic rings. The van der Waals surface area contributed by atoms with E-state index in [4.69, 9.17) is 14.6 Å². The lowest BCUT2D eigenvalue weighted by Crippen LogP contribution is -2.39. The molecule has 0 radical (unpaired) electrons. The topological polar surface area (TPSA) is 41.9 Å². The summed E-state index contributed by atoms with van der Waals surface area (Å²) in [5, 5.41) is 8.96. The Hall–Kier alpha value is -2.04. The first kappa shape index (κ1) is 34.5. The molecule has 0 aliphatic carbocycles. The molecule has 0 unspecified atom stereocenters. The Bertz CT molecular complexity index is 1090. The molecule has 1 aromatic carbocycles. The monoisotopic (exact) mass is 579 g/mol. The average Bonchev–Trinajstić information content (AvgIpc) is 2.95. The van der Waals surface area contributed by atoms with Crippen LogP contribution in [0.2, 0.25) is 0 Å². The number of rotatable bonds is 17. The highest BCUT2D eigenvalue weighted by Gasteiger charge is 2.36. The smallest absolute Gasteiger partial charge is 0.142 e. The van der Waals surface area contributed by atoms with Crippen LogP contribution in [0.3, 0.4) is 0 Å². The van der Waals surface area contributed by atoms with E-state index in [9.17, 15) is 0 Å². The van der Waals surface area contributed by atoms with Crippen LogP contribution in [0.25, 0.3) is 0 Å². The van der Waals surface area contributed by atoms with Gasteiger partial charge in [-0.05, 0) is 124 Å². The summed E-state index contributed by atoms with van der Waals surface area (Å²) in [4.78, 5) is 2.46. The van der Waals surface area contributed by atoms with Crippen LogP contribution in [-0.2, 0) is 13.0 Å². The number of nitrogens with zero attached hydrogens (tertiary/aromatic N) is 1. The molecule has 0 fully saturated rings. The van der Waals surface area contributed by atoms with Gasteiger partial charge in [0.05, 0.1) is 0 Å². The predicted molar refractivity (Wildman–Crippen MR) is 179 cm³/mol. The number of unbranched alkanes of at least 4 members (excludes halogenated alkanes) is 5. The van der Waals surface area contributed by atoms with Crippen molar-refractivity contribution in [2.75, 3.05) is 19.9 Å². The first-order valence-corrected chi connectivity index (χ1v) is 16.9. The minimum Gasteiger partial charge on any atom is -0.487 e. The van der Waals surface area contributed by atoms with Crippen LogP contribution in [-0.4, -0.2) is 35.5 Å². The molecule has 2 heterocycles. The molecule has 0 saturated carbocycles. The molecule has 4 heteroatoms. The zero-order valence-corrected chi connectivity index (χ0v) is 28.2. The number of aliphatic hydroxyl groups excluding tert-OH is 1. The molecule has 236 valence electrons. The summed E-state index contributed by atoms with van der Waals surface area (Å²) in [7, 11) is 0. The predicted octanol–water partition coefficient (Wildman–Crippen LogP) is 10.1. The SMILES string of the molecule is CC(C)=CCC/C(C)=C/CC/C(C)=C/CC[C@]1(C)CCc2c3c(c(C)c(C)c2O1)OCN(CCCCCCCCO)C3. The van der Waals surface area contributed by atoms with Crippen molar-refractivity contribution in [1.82, 2.24) is 4.90 Å². The first-order valence-electron chi connectivity index (χ1n) is 16.9. The number of ether oxygens (including phenoxy) is 2. The number of fused-ring (bicyclic) bond motifs is 3. The molecule has 3 rings (SSSR count). The van der Waals surface area contributed by atoms with E-state index < -0.39 is 0 Å². The molecule has 0 bridgehead atoms. The summed E-state index contributed by atoms with van der Waals surface area (Å²) in [6.07, 6.45) is 23.1. The van der Waals surface area contributed by atoms with Crippen LogP contribution in [0.1, 0.15) is 140 Å². The van der Waals surface area contributed by atoms with Gasteiger partial charge in [-0.2, -0.15) is 0 Å². The van der Waals surface area contributed by atoms with Gasteiger partial charge in [0, 0.05) is 30.8 Å². The van der Waals surface area contributed by atoms with Crippen LogP contribution < -0.4 is 9.47 Å². The first-order chi connectivity index (χ1) is 20.1. The van der Waals surface area contributed by atoms with Gasteiger partial charge in [-0.25, -0.2) is 0 Å². The highest BCUT2D eigenvalue weighted by atomic mass is 16.5. The van der Waals surface area contributed by atoms with Gasteiger partial charge >= 0.3 is 0 Å². The fraction of sp³-hybridized carbons (Fsp3) is 0.684. The molecule has 0 saturated heterocycles. The van der Waals surface area contributed by atoms with Crippen molar-refractivity contribution in [2.24, 2.45) is 0 Å². The van der Waals surface area contributed by atoms with E-state index in [0.29, 0.717) is 13.3 Å². The summed E-state index contributed by atoms with van der Waals surface area (Å²) in [5.41, 5.74) is 9.54. The molecule has 1 N–H and O–H groups in total. The van der Waals surface area contributed by atoms with Crippen molar-refractivity contribution in [2.45, 2.75) is 151 Å². The van der Waals surface area contributed by atoms with Crippen LogP contribution in [0, 0.1) is 13.8 Å². The van der Waals surface area contributed by atoms with Gasteiger partial charge in [0.1, 0.15) is 23.8 Å². The molecule has 42 heavy (non-hydrogen) atoms. The summed E-state index contributed by atoms with van der Waals surface area (Å²) in [5.74, 6) is 2.24. The highest BCUT2D eigenvalue weighted by molar-refractivity contribution is 5.60. The van der Waals surface area contributed by atoms with Crippen LogP contribution >= 0.6 is 0 Å². The lowest BCUT2D eigenvalue weighted by atomic mass is 9.84. The second-order valence-electron chi connectivity index (χ2n) is 13.6. The van der Waals surface area contributed by atoms with Gasteiger partial charge < -0.3 is 14.6 Å². The van der Waals surface area contributed by atoms with Gasteiger partial charge in [0.2, 0.25) is 0 Å². The zero-order chi connectivity index (χ0) is 30.5. The number of aliphatic hydroxyl groups is 1. The highest BCUT2D eigenvalue weighted by Crippen LogP contribution is 2.46. The largest absolute Gasteiger partial charge is 0.487 e. The lowest BCUT2D eigenvalue weighted by Gasteiger charge is -2.40. The van der Waals surface area contributed by atoms with Crippen molar-refractivity contribution in [3.8, 4) is 11.5 Å². The molecule has 1 atom stereocenters. The Kier molecular flexibility index (Phi) is 14.2. The maximum absolute atomic E-state index is 8.96. The minimum atomic E-state index is -0.123. The minimum absolute atomic E-state index is 0.123. The summed E-state index contributed by atoms with van der Waals surface area (Å²) in [6.45, 7) is 18.7. The molecule has 2 aliphatic heterocycles. The second-order valence-corrected chi connectivity index (χ2v) is 13.6. The van der Waals surface area contributed by atoms with Gasteiger partial charge in [-0.1, -0.05) is 60.6 Å². The van der Waals surface area contributed by atoms with Gasteiger partial charge in [0.15, 0.2) is 0 Å². The summed E-state index contributed by atoms with van der Waals surface area (Å²) >= 11 is 0. The Morgan fingerprint density at radius 1 is 0.810 bits per heavy atom. The number of allylic oxidation sites excluding steroid dienone is 6. The van der Waals surface area contributed by atoms with Crippen molar-refractivity contribution >= 4 is 0 Å². The molecule has 2 aliphatic rings. The molecule has 0 spiro atoms. The van der Waals surface area contributed by atoms with E-state index in [2.05, 4.69) is 71.6 Å². The fourth-order valence-corrected chi connectivity index (χ4v) is 6.38. The number of hydrogen-bond donors (Lipinski definition) is 1. The van der Waals surface area contributed by atoms with E-state index in [0.717, 1.165) is 82.4 Å². The molecule has 4 nitrogen and oxygen atoms in total. The third-order valence-corrected chi connectivity index (χ3v) is 9.35. The zero-order valence-electron chi connectivity index (χ0n) is 28.2. The summed E-state index contributed by atoms with van der Waals surface area (Å²) < 4.78 is 13.3. The molecular weight excluding hydrogens is 518 g/mol. The maximum Gasteiger partial charge on any atom is 0.142 e. The lowest BCUT2D eigenvalue weighted by molar-refractivity contribution is 0.0522. The standard InChI is InChI=1S/C38H61NO3/c1-29(2)17-14-18-30(3)19-15-20-31(4)21-16-23-38(7)24-22-34-35-27-39(25-12-10-8-9-11-13-26-40)28-41-36(35)32(5)33(6)37(34)42-38/h17,19,21,40H,8-16,18,20,22-28H2,1-7H3/b30-19+,31-21+/t38-/m1/s1. The third kappa shape index (κ3) is 10.6. The van der Waals surface area contributed by atoms with Gasteiger partial charge in [-0.15, -0.1) is 0 Å². The van der Waals surface area contributed by atoms with Gasteiger partial charge in [-0.3, -0.25) is 4.90 Å². The quantitative estimate of drug-likeness (QED) is 0.147. The van der Waals surface area contributed by atoms with Crippen LogP contribution in [0.4, 0.5) is 0 Å². The van der Waals surface area contributed by atoms with Crippen molar-refractivity contribution in [3.63, 3.8) is 0 Å². The average molecular weight is 580 g/mol. The van der Waals surface area contributed by atoms with E-state index in [1.54, 1.807) is 0 Å². The molecule has 0 aromatic heterocycles. The van der Waals surface area contributed by atoms with Crippen molar-refractivity contribution in [3.05, 3.63) is 57.2 Å². The van der Waals surface area contributed by atoms with E-state index in [1.165, 1.54) is 71.1 Å². The van der Waals surface area contributed by atoms with Crippen LogP contribution in [0.5, 0.6) is 11.5 Å². The van der Waals surface area contributed by atoms with E-state index in [-0.39, 0.29) is 5.60 Å². The normalized spacial score (nSPS) is 19.1. The Morgan fingerprint density at radius 3 is 2.12 bits per heavy atom. The third-order valence-electron chi connectivity index (χ3n) is 9.35. The maximum atomic E-state index is 8.96. The molecule has 0 amide bonds. The van der Waals surface area contributed by atoms with Crippen LogP contribution in [0.15, 0.2) is 34.9 Å². The van der Waals surface area contributed by atoms with Crippen molar-refractivity contribution in [1.29, 1.82) is 0 Å². The second kappa shape index (κ2) is 17.3. The van der Waals surface area contributed by atoms with E-state index >= 15 is 0 Å². The Morgan fingerprint density at radius 2 is 1.43 bits per heavy atom. The summed E-state index contributed by atoms with van der Waals surface area (Å²) in [6, 6.07) is 0. The molecular formula is C38H61NO3. The number of benzene rings is 1. The number of hydrogen-bond acceptors (Lipinski definition) is 4. The van der Waals surface area contributed by atoms with Crippen molar-refractivity contribution < 1.29 is 14.6 Å². The fourth-order valence-electron chi connectivity index (χ4n) is 6.38.